The molecule has 5 heterocycles. The second-order valence-corrected chi connectivity index (χ2v) is 10.7. The zero-order valence-electron chi connectivity index (χ0n) is 21.8. The minimum absolute atomic E-state index is 0.0814. The molecule has 1 amide bonds. The monoisotopic (exact) mass is 507 g/mol. The van der Waals surface area contributed by atoms with E-state index in [9.17, 15) is 4.79 Å². The summed E-state index contributed by atoms with van der Waals surface area (Å²) in [4.78, 5) is 13.8. The fraction of sp³-hybridized carbons (Fsp3) is 0.357. The maximum absolute atomic E-state index is 11.6. The summed E-state index contributed by atoms with van der Waals surface area (Å²) >= 11 is 0. The van der Waals surface area contributed by atoms with Crippen LogP contribution < -0.4 is 5.32 Å². The summed E-state index contributed by atoms with van der Waals surface area (Å²) in [7, 11) is 2.16. The number of fused-ring (bicyclic) bond motifs is 2. The van der Waals surface area contributed by atoms with E-state index in [0.717, 1.165) is 58.7 Å². The predicted octanol–water partition coefficient (Wildman–Crippen LogP) is 3.15. The molecule has 1 aliphatic carbocycles. The normalized spacial score (nSPS) is 22.4. The third-order valence-corrected chi connectivity index (χ3v) is 7.52. The number of carbonyl (C=O) groups excluding carboxylic acids is 1. The number of aromatic nitrogens is 4. The Morgan fingerprint density at radius 2 is 1.84 bits per heavy atom. The van der Waals surface area contributed by atoms with Crippen LogP contribution in [0.4, 0.5) is 5.69 Å². The van der Waals surface area contributed by atoms with Gasteiger partial charge in [0, 0.05) is 35.9 Å². The van der Waals surface area contributed by atoms with E-state index in [1.54, 1.807) is 0 Å². The Balaban J connectivity index is 1.35. The number of nitrogens with zero attached hydrogens (tertiary/aromatic N) is 6. The minimum Gasteiger partial charge on any atom is -0.367 e. The summed E-state index contributed by atoms with van der Waals surface area (Å²) < 4.78 is 12.5. The first-order valence-electron chi connectivity index (χ1n) is 13.3. The van der Waals surface area contributed by atoms with Crippen LogP contribution in [0.15, 0.2) is 60.4 Å². The van der Waals surface area contributed by atoms with E-state index < -0.39 is 0 Å². The van der Waals surface area contributed by atoms with Gasteiger partial charge in [0.05, 0.1) is 24.1 Å². The van der Waals surface area contributed by atoms with Crippen molar-refractivity contribution in [3.8, 4) is 5.82 Å². The molecule has 1 saturated carbocycles. The summed E-state index contributed by atoms with van der Waals surface area (Å²) in [5, 5.41) is 11.8. The SMILES string of the molecule is CC(=O)Nc1ccc(C2=C3C=CC(=[N+]4CC(C)OC(C)C4)N3[B]n3c2ccc3-n2cc(C3CC3)nn2)cc1. The number of benzene rings is 1. The summed E-state index contributed by atoms with van der Waals surface area (Å²) in [5.74, 6) is 2.54. The van der Waals surface area contributed by atoms with Gasteiger partial charge in [0.25, 0.3) is 5.84 Å². The highest BCUT2D eigenvalue weighted by Gasteiger charge is 2.41. The molecular weight excluding hydrogens is 477 g/mol. The number of hydrogen-bond acceptors (Lipinski definition) is 4. The molecular formula is C28H30BN7O2+. The molecule has 38 heavy (non-hydrogen) atoms. The average molecular weight is 507 g/mol. The standard InChI is InChI=1S/C28H29BN7O2/c1-17-14-33(15-18(2)38-17)26-12-10-24-28(21-6-8-22(9-7-21)30-19(3)37)25-11-13-27(36(25)29-35(24)26)34-16-23(31-32-34)20-4-5-20/h6-13,16-18,20H,4-5,14-15H2,1-3H3/p+1. The second kappa shape index (κ2) is 8.84. The van der Waals surface area contributed by atoms with Gasteiger partial charge in [-0.25, -0.2) is 4.68 Å². The van der Waals surface area contributed by atoms with Gasteiger partial charge in [0.15, 0.2) is 0 Å². The zero-order chi connectivity index (χ0) is 26.0. The molecule has 1 radical (unpaired) electrons. The van der Waals surface area contributed by atoms with Crippen molar-refractivity contribution in [3.05, 3.63) is 77.4 Å². The maximum atomic E-state index is 11.6. The van der Waals surface area contributed by atoms with Crippen LogP contribution in [-0.2, 0) is 9.53 Å². The highest BCUT2D eigenvalue weighted by atomic mass is 16.5. The van der Waals surface area contributed by atoms with Crippen LogP contribution in [-0.4, -0.2) is 73.4 Å². The molecule has 1 saturated heterocycles. The minimum atomic E-state index is -0.0814. The van der Waals surface area contributed by atoms with Gasteiger partial charge in [-0.05, 0) is 62.6 Å². The van der Waals surface area contributed by atoms with Gasteiger partial charge in [0.1, 0.15) is 24.6 Å². The number of amides is 1. The Labute approximate surface area is 222 Å². The Hall–Kier alpha value is -3.92. The number of ether oxygens (including phenoxy) is 1. The Bertz CT molecular complexity index is 1510. The molecule has 3 aromatic rings. The van der Waals surface area contributed by atoms with Crippen molar-refractivity contribution >= 4 is 30.6 Å². The molecule has 191 valence electrons. The third kappa shape index (κ3) is 4.00. The first kappa shape index (κ1) is 23.2. The van der Waals surface area contributed by atoms with Gasteiger partial charge in [-0.1, -0.05) is 17.3 Å². The number of morpholine rings is 1. The first-order valence-corrected chi connectivity index (χ1v) is 13.3. The highest BCUT2D eigenvalue weighted by molar-refractivity contribution is 6.40. The van der Waals surface area contributed by atoms with E-state index in [-0.39, 0.29) is 18.1 Å². The van der Waals surface area contributed by atoms with Crippen molar-refractivity contribution in [3.63, 3.8) is 0 Å². The van der Waals surface area contributed by atoms with E-state index in [2.05, 4.69) is 93.5 Å². The van der Waals surface area contributed by atoms with Crippen molar-refractivity contribution in [1.82, 2.24) is 24.3 Å². The van der Waals surface area contributed by atoms with Crippen LogP contribution in [0.5, 0.6) is 0 Å². The molecule has 10 heteroatoms. The Kier molecular flexibility index (Phi) is 5.40. The van der Waals surface area contributed by atoms with E-state index in [1.165, 1.54) is 19.8 Å². The number of hydrogen-bond donors (Lipinski definition) is 1. The lowest BCUT2D eigenvalue weighted by molar-refractivity contribution is -0.568. The molecule has 2 atom stereocenters. The smallest absolute Gasteiger partial charge is 0.367 e. The van der Waals surface area contributed by atoms with Crippen molar-refractivity contribution in [2.45, 2.75) is 51.7 Å². The molecule has 9 nitrogen and oxygen atoms in total. The fourth-order valence-corrected chi connectivity index (χ4v) is 5.76. The van der Waals surface area contributed by atoms with Crippen molar-refractivity contribution in [2.75, 3.05) is 18.4 Å². The number of anilines is 1. The highest BCUT2D eigenvalue weighted by Crippen LogP contribution is 2.40. The number of amidine groups is 1. The van der Waals surface area contributed by atoms with Crippen molar-refractivity contribution in [2.24, 2.45) is 0 Å². The average Bonchev–Trinajstić information content (AvgIpc) is 3.27. The summed E-state index contributed by atoms with van der Waals surface area (Å²) in [5.41, 5.74) is 6.24. The van der Waals surface area contributed by atoms with E-state index >= 15 is 0 Å². The van der Waals surface area contributed by atoms with Gasteiger partial charge in [-0.15, -0.1) is 5.10 Å². The molecule has 1 N–H and O–H groups in total. The van der Waals surface area contributed by atoms with Crippen LogP contribution in [0, 0.1) is 0 Å². The van der Waals surface area contributed by atoms with Gasteiger partial charge in [-0.2, -0.15) is 0 Å². The molecule has 2 unspecified atom stereocenters. The van der Waals surface area contributed by atoms with Gasteiger partial charge in [-0.3, -0.25) is 14.2 Å². The quantitative estimate of drug-likeness (QED) is 0.434. The second-order valence-electron chi connectivity index (χ2n) is 10.7. The summed E-state index contributed by atoms with van der Waals surface area (Å²) in [6.07, 6.45) is 9.16. The number of carbonyl (C=O) groups is 1. The lowest BCUT2D eigenvalue weighted by Gasteiger charge is -2.30. The van der Waals surface area contributed by atoms with Gasteiger partial charge in [0.2, 0.25) is 5.91 Å². The topological polar surface area (TPSA) is 80.2 Å². The van der Waals surface area contributed by atoms with E-state index in [1.807, 2.05) is 16.8 Å². The first-order chi connectivity index (χ1) is 18.4. The van der Waals surface area contributed by atoms with Gasteiger partial charge < -0.3 is 14.5 Å². The molecule has 2 fully saturated rings. The molecule has 0 bridgehead atoms. The number of rotatable bonds is 4. The van der Waals surface area contributed by atoms with Crippen LogP contribution in [0.2, 0.25) is 0 Å². The lowest BCUT2D eigenvalue weighted by Crippen LogP contribution is -2.48. The fourth-order valence-electron chi connectivity index (χ4n) is 5.76. The molecule has 7 rings (SSSR count). The zero-order valence-corrected chi connectivity index (χ0v) is 21.8. The molecule has 0 spiro atoms. The third-order valence-electron chi connectivity index (χ3n) is 7.52. The number of allylic oxidation sites excluding steroid dienone is 1. The molecule has 3 aliphatic heterocycles. The molecule has 4 aliphatic rings. The molecule has 2 aromatic heterocycles. The van der Waals surface area contributed by atoms with Crippen LogP contribution >= 0.6 is 0 Å². The van der Waals surface area contributed by atoms with Crippen LogP contribution in [0.1, 0.15) is 56.5 Å². The Morgan fingerprint density at radius 3 is 2.55 bits per heavy atom. The van der Waals surface area contributed by atoms with Crippen LogP contribution in [0.3, 0.4) is 0 Å². The number of nitrogens with one attached hydrogen (secondary N) is 1. The largest absolute Gasteiger partial charge is 0.553 e. The predicted molar refractivity (Wildman–Crippen MR) is 145 cm³/mol. The lowest BCUT2D eigenvalue weighted by atomic mass is 9.91. The summed E-state index contributed by atoms with van der Waals surface area (Å²) in [6, 6.07) is 12.3. The van der Waals surface area contributed by atoms with E-state index in [4.69, 9.17) is 4.74 Å². The molecule has 1 aromatic carbocycles. The van der Waals surface area contributed by atoms with Gasteiger partial charge >= 0.3 is 7.55 Å². The Morgan fingerprint density at radius 1 is 1.08 bits per heavy atom. The van der Waals surface area contributed by atoms with Crippen LogP contribution in [0.25, 0.3) is 11.4 Å². The van der Waals surface area contributed by atoms with Crippen molar-refractivity contribution in [1.29, 1.82) is 0 Å². The maximum Gasteiger partial charge on any atom is 0.553 e. The summed E-state index contributed by atoms with van der Waals surface area (Å²) in [6.45, 7) is 7.45. The van der Waals surface area contributed by atoms with E-state index in [0.29, 0.717) is 5.92 Å². The van der Waals surface area contributed by atoms with Crippen molar-refractivity contribution < 1.29 is 14.1 Å².